The predicted molar refractivity (Wildman–Crippen MR) is 47.8 cm³/mol. The fourth-order valence-electron chi connectivity index (χ4n) is 1.09. The number of allylic oxidation sites excluding steroid dienone is 4. The lowest BCUT2D eigenvalue weighted by molar-refractivity contribution is 0.947. The molecule has 2 heteroatoms. The van der Waals surface area contributed by atoms with Crippen molar-refractivity contribution in [2.45, 2.75) is 12.8 Å². The first kappa shape index (κ1) is 7.92. The van der Waals surface area contributed by atoms with Crippen molar-refractivity contribution in [1.29, 1.82) is 0 Å². The molecule has 1 rings (SSSR count). The van der Waals surface area contributed by atoms with E-state index in [4.69, 9.17) is 5.73 Å². The average molecular weight is 150 g/mol. The van der Waals surface area contributed by atoms with E-state index in [0.717, 1.165) is 18.5 Å². The zero-order chi connectivity index (χ0) is 8.10. The predicted octanol–water partition coefficient (Wildman–Crippen LogP) is 1.28. The van der Waals surface area contributed by atoms with Crippen LogP contribution in [0.2, 0.25) is 0 Å². The van der Waals surface area contributed by atoms with Gasteiger partial charge in [0.2, 0.25) is 0 Å². The smallest absolute Gasteiger partial charge is 0.0506 e. The van der Waals surface area contributed by atoms with E-state index < -0.39 is 0 Å². The van der Waals surface area contributed by atoms with Gasteiger partial charge < -0.3 is 11.1 Å². The zero-order valence-corrected chi connectivity index (χ0v) is 6.80. The molecule has 0 aliphatic heterocycles. The van der Waals surface area contributed by atoms with Crippen molar-refractivity contribution in [3.63, 3.8) is 0 Å². The van der Waals surface area contributed by atoms with Crippen LogP contribution in [0.1, 0.15) is 12.8 Å². The highest BCUT2D eigenvalue weighted by molar-refractivity contribution is 5.33. The van der Waals surface area contributed by atoms with Gasteiger partial charge in [0, 0.05) is 13.2 Å². The molecule has 0 bridgehead atoms. The normalized spacial score (nSPS) is 17.9. The molecule has 2 nitrogen and oxygen atoms in total. The topological polar surface area (TPSA) is 38.0 Å². The molecule has 0 saturated heterocycles. The third-order valence-corrected chi connectivity index (χ3v) is 1.68. The monoisotopic (exact) mass is 150 g/mol. The third kappa shape index (κ3) is 2.15. The summed E-state index contributed by atoms with van der Waals surface area (Å²) in [6.45, 7) is 0. The van der Waals surface area contributed by atoms with Crippen molar-refractivity contribution in [2.24, 2.45) is 5.73 Å². The summed E-state index contributed by atoms with van der Waals surface area (Å²) in [6.07, 6.45) is 10.2. The van der Waals surface area contributed by atoms with Gasteiger partial charge in [0.05, 0.1) is 5.70 Å². The first-order valence-corrected chi connectivity index (χ1v) is 3.83. The molecular weight excluding hydrogens is 136 g/mol. The molecule has 0 unspecified atom stereocenters. The summed E-state index contributed by atoms with van der Waals surface area (Å²) < 4.78 is 0. The quantitative estimate of drug-likeness (QED) is 0.622. The second-order valence-electron chi connectivity index (χ2n) is 2.55. The first-order valence-electron chi connectivity index (χ1n) is 3.83. The van der Waals surface area contributed by atoms with Crippen molar-refractivity contribution >= 4 is 0 Å². The Labute approximate surface area is 67.5 Å². The lowest BCUT2D eigenvalue weighted by Crippen LogP contribution is -2.07. The highest BCUT2D eigenvalue weighted by atomic mass is 14.8. The maximum absolute atomic E-state index is 5.76. The van der Waals surface area contributed by atoms with Crippen molar-refractivity contribution in [3.05, 3.63) is 35.7 Å². The van der Waals surface area contributed by atoms with E-state index in [1.54, 1.807) is 0 Å². The Kier molecular flexibility index (Phi) is 2.78. The van der Waals surface area contributed by atoms with E-state index >= 15 is 0 Å². The highest BCUT2D eigenvalue weighted by Gasteiger charge is 2.00. The van der Waals surface area contributed by atoms with Gasteiger partial charge in [-0.15, -0.1) is 0 Å². The first-order chi connectivity index (χ1) is 5.34. The molecule has 0 heterocycles. The Morgan fingerprint density at radius 3 is 3.09 bits per heavy atom. The van der Waals surface area contributed by atoms with Crippen LogP contribution in [-0.4, -0.2) is 7.05 Å². The number of nitrogens with two attached hydrogens (primary N) is 1. The van der Waals surface area contributed by atoms with Gasteiger partial charge in [0.25, 0.3) is 0 Å². The van der Waals surface area contributed by atoms with E-state index in [0.29, 0.717) is 0 Å². The third-order valence-electron chi connectivity index (χ3n) is 1.68. The number of nitrogens with one attached hydrogen (secondary N) is 1. The maximum atomic E-state index is 5.76. The summed E-state index contributed by atoms with van der Waals surface area (Å²) in [4.78, 5) is 0. The van der Waals surface area contributed by atoms with E-state index in [1.165, 1.54) is 5.57 Å². The van der Waals surface area contributed by atoms with Gasteiger partial charge in [-0.1, -0.05) is 18.2 Å². The molecule has 11 heavy (non-hydrogen) atoms. The van der Waals surface area contributed by atoms with Gasteiger partial charge in [-0.3, -0.25) is 0 Å². The van der Waals surface area contributed by atoms with E-state index in [9.17, 15) is 0 Å². The molecule has 3 N–H and O–H groups in total. The van der Waals surface area contributed by atoms with Gasteiger partial charge in [-0.25, -0.2) is 0 Å². The average Bonchev–Trinajstić information content (AvgIpc) is 2.07. The lowest BCUT2D eigenvalue weighted by atomic mass is 10.0. The van der Waals surface area contributed by atoms with Crippen LogP contribution in [0.15, 0.2) is 35.7 Å². The molecule has 1 aliphatic rings. The molecular formula is C9H14N2. The standard InChI is InChI=1S/C9H14N2/c1-11-7-9(10)8-5-3-2-4-6-8/h2-3,5,7,11H,4,6,10H2,1H3/b9-7-. The van der Waals surface area contributed by atoms with Crippen molar-refractivity contribution in [3.8, 4) is 0 Å². The molecule has 0 aromatic rings. The highest BCUT2D eigenvalue weighted by Crippen LogP contribution is 2.15. The molecule has 0 spiro atoms. The Balaban J connectivity index is 2.66. The number of hydrogen-bond acceptors (Lipinski definition) is 2. The second-order valence-corrected chi connectivity index (χ2v) is 2.55. The lowest BCUT2D eigenvalue weighted by Gasteiger charge is -2.08. The Morgan fingerprint density at radius 1 is 1.73 bits per heavy atom. The number of rotatable bonds is 2. The van der Waals surface area contributed by atoms with Crippen LogP contribution in [0, 0.1) is 0 Å². The van der Waals surface area contributed by atoms with Crippen molar-refractivity contribution < 1.29 is 0 Å². The Morgan fingerprint density at radius 2 is 2.55 bits per heavy atom. The van der Waals surface area contributed by atoms with Crippen LogP contribution in [0.25, 0.3) is 0 Å². The minimum Gasteiger partial charge on any atom is -0.397 e. The zero-order valence-electron chi connectivity index (χ0n) is 6.80. The summed E-state index contributed by atoms with van der Waals surface area (Å²) >= 11 is 0. The van der Waals surface area contributed by atoms with E-state index in [-0.39, 0.29) is 0 Å². The molecule has 0 fully saturated rings. The van der Waals surface area contributed by atoms with Crippen LogP contribution in [0.4, 0.5) is 0 Å². The van der Waals surface area contributed by atoms with Crippen LogP contribution in [0.5, 0.6) is 0 Å². The largest absolute Gasteiger partial charge is 0.397 e. The van der Waals surface area contributed by atoms with Gasteiger partial charge in [-0.2, -0.15) is 0 Å². The van der Waals surface area contributed by atoms with Crippen LogP contribution in [0.3, 0.4) is 0 Å². The van der Waals surface area contributed by atoms with Crippen LogP contribution in [-0.2, 0) is 0 Å². The molecule has 0 aromatic heterocycles. The Bertz CT molecular complexity index is 212. The van der Waals surface area contributed by atoms with Crippen molar-refractivity contribution in [2.75, 3.05) is 7.05 Å². The fourth-order valence-corrected chi connectivity index (χ4v) is 1.09. The molecule has 0 saturated carbocycles. The maximum Gasteiger partial charge on any atom is 0.0506 e. The van der Waals surface area contributed by atoms with E-state index in [1.807, 2.05) is 13.2 Å². The van der Waals surface area contributed by atoms with E-state index in [2.05, 4.69) is 23.5 Å². The van der Waals surface area contributed by atoms with Gasteiger partial charge in [0.15, 0.2) is 0 Å². The molecule has 0 atom stereocenters. The van der Waals surface area contributed by atoms with Crippen molar-refractivity contribution in [1.82, 2.24) is 5.32 Å². The summed E-state index contributed by atoms with van der Waals surface area (Å²) in [6, 6.07) is 0. The minimum absolute atomic E-state index is 0.844. The molecule has 0 amide bonds. The molecule has 60 valence electrons. The molecule has 0 aromatic carbocycles. The number of hydrogen-bond donors (Lipinski definition) is 2. The summed E-state index contributed by atoms with van der Waals surface area (Å²) in [5.41, 5.74) is 7.82. The van der Waals surface area contributed by atoms with Crippen LogP contribution < -0.4 is 11.1 Å². The molecule has 0 radical (unpaired) electrons. The van der Waals surface area contributed by atoms with Gasteiger partial charge in [-0.05, 0) is 18.4 Å². The summed E-state index contributed by atoms with van der Waals surface area (Å²) in [5, 5.41) is 2.91. The second kappa shape index (κ2) is 3.86. The SMILES string of the molecule is CN/C=C(\N)C1=CC=CCC1. The van der Waals surface area contributed by atoms with Gasteiger partial charge in [0.1, 0.15) is 0 Å². The van der Waals surface area contributed by atoms with Gasteiger partial charge >= 0.3 is 0 Å². The minimum atomic E-state index is 0.844. The Hall–Kier alpha value is -1.18. The summed E-state index contributed by atoms with van der Waals surface area (Å²) in [7, 11) is 1.85. The molecule has 1 aliphatic carbocycles. The fraction of sp³-hybridized carbons (Fsp3) is 0.333. The van der Waals surface area contributed by atoms with Crippen LogP contribution >= 0.6 is 0 Å². The summed E-state index contributed by atoms with van der Waals surface area (Å²) in [5.74, 6) is 0.